The molecule has 2 N–H and O–H groups in total. The molecule has 8 atom stereocenters. The Bertz CT molecular complexity index is 938. The fourth-order valence-corrected chi connectivity index (χ4v) is 7.48. The maximum absolute atomic E-state index is 11.7. The Morgan fingerprint density at radius 3 is 2.57 bits per heavy atom. The second kappa shape index (κ2) is 9.74. The highest BCUT2D eigenvalue weighted by atomic mass is 16.7. The first-order valence-electron chi connectivity index (χ1n) is 13.3. The van der Waals surface area contributed by atoms with Crippen molar-refractivity contribution >= 4 is 6.29 Å². The average molecular weight is 485 g/mol. The minimum absolute atomic E-state index is 0.0448. The Kier molecular flexibility index (Phi) is 7.38. The van der Waals surface area contributed by atoms with Gasteiger partial charge in [0.1, 0.15) is 6.29 Å². The number of rotatable bonds is 5. The number of aldehydes is 1. The molecule has 0 radical (unpaired) electrons. The van der Waals surface area contributed by atoms with Crippen molar-refractivity contribution in [2.45, 2.75) is 103 Å². The predicted molar refractivity (Wildman–Crippen MR) is 138 cm³/mol. The number of ether oxygens (including phenoxy) is 2. The standard InChI is InChI=1S/C30H44O5/c1-19(2)23-11-13-28(5,32)25(23)10-9-20(3)16-22-17-30-26(8-7-15-34-27(30)35-22)24(21(4)18-31)12-14-29(30,6)33/h9-10,16,18,22-23,25-27,32-33H,1,7-8,11-15,17H2,2-6H3/b10-9+,20-16+,24-21-/t22-,23+,25+,26+,27+,28+,29-,30-/m0/s1. The summed E-state index contributed by atoms with van der Waals surface area (Å²) in [6, 6.07) is 0. The van der Waals surface area contributed by atoms with Crippen molar-refractivity contribution in [2.24, 2.45) is 23.2 Å². The van der Waals surface area contributed by atoms with E-state index in [0.29, 0.717) is 25.4 Å². The van der Waals surface area contributed by atoms with E-state index >= 15 is 0 Å². The van der Waals surface area contributed by atoms with Crippen LogP contribution in [0.15, 0.2) is 47.1 Å². The van der Waals surface area contributed by atoms with Crippen LogP contribution in [0.4, 0.5) is 0 Å². The van der Waals surface area contributed by atoms with E-state index in [1.165, 1.54) is 5.57 Å². The third-order valence-corrected chi connectivity index (χ3v) is 9.54. The van der Waals surface area contributed by atoms with E-state index in [1.54, 1.807) is 0 Å². The Morgan fingerprint density at radius 2 is 1.89 bits per heavy atom. The van der Waals surface area contributed by atoms with Gasteiger partial charge in [0.05, 0.1) is 22.7 Å². The van der Waals surface area contributed by atoms with Gasteiger partial charge in [-0.05, 0) is 97.0 Å². The summed E-state index contributed by atoms with van der Waals surface area (Å²) in [4.78, 5) is 11.7. The van der Waals surface area contributed by atoms with E-state index in [0.717, 1.165) is 55.1 Å². The van der Waals surface area contributed by atoms with Gasteiger partial charge in [0.25, 0.3) is 0 Å². The smallest absolute Gasteiger partial charge is 0.167 e. The average Bonchev–Trinajstić information content (AvgIpc) is 3.23. The quantitative estimate of drug-likeness (QED) is 0.236. The zero-order chi connectivity index (χ0) is 25.6. The largest absolute Gasteiger partial charge is 0.390 e. The van der Waals surface area contributed by atoms with Gasteiger partial charge >= 0.3 is 0 Å². The number of aliphatic hydroxyl groups is 2. The van der Waals surface area contributed by atoms with E-state index < -0.39 is 22.9 Å². The molecule has 35 heavy (non-hydrogen) atoms. The molecule has 2 saturated carbocycles. The zero-order valence-corrected chi connectivity index (χ0v) is 22.2. The normalized spacial score (nSPS) is 45.7. The molecule has 1 spiro atoms. The van der Waals surface area contributed by atoms with E-state index in [-0.39, 0.29) is 17.9 Å². The van der Waals surface area contributed by atoms with Crippen molar-refractivity contribution in [1.29, 1.82) is 0 Å². The van der Waals surface area contributed by atoms with Crippen LogP contribution in [0, 0.1) is 23.2 Å². The molecule has 4 rings (SSSR count). The molecule has 0 aromatic heterocycles. The van der Waals surface area contributed by atoms with E-state index in [9.17, 15) is 15.0 Å². The number of hydrogen-bond donors (Lipinski definition) is 2. The summed E-state index contributed by atoms with van der Waals surface area (Å²) in [6.07, 6.45) is 12.1. The topological polar surface area (TPSA) is 76.0 Å². The van der Waals surface area contributed by atoms with Crippen LogP contribution in [0.2, 0.25) is 0 Å². The molecule has 0 amide bonds. The van der Waals surface area contributed by atoms with E-state index in [1.807, 2.05) is 27.7 Å². The summed E-state index contributed by atoms with van der Waals surface area (Å²) in [7, 11) is 0. The first-order valence-corrected chi connectivity index (χ1v) is 13.3. The van der Waals surface area contributed by atoms with Gasteiger partial charge < -0.3 is 19.7 Å². The molecule has 0 unspecified atom stereocenters. The summed E-state index contributed by atoms with van der Waals surface area (Å²) < 4.78 is 12.7. The number of hydrogen-bond acceptors (Lipinski definition) is 5. The first-order chi connectivity index (χ1) is 16.4. The Balaban J connectivity index is 1.61. The third-order valence-electron chi connectivity index (χ3n) is 9.54. The van der Waals surface area contributed by atoms with Gasteiger partial charge in [0, 0.05) is 12.5 Å². The highest BCUT2D eigenvalue weighted by Crippen LogP contribution is 2.62. The lowest BCUT2D eigenvalue weighted by Crippen LogP contribution is -2.58. The van der Waals surface area contributed by atoms with E-state index in [2.05, 4.69) is 31.7 Å². The van der Waals surface area contributed by atoms with Gasteiger partial charge in [-0.25, -0.2) is 0 Å². The lowest BCUT2D eigenvalue weighted by molar-refractivity contribution is -0.230. The SMILES string of the molecule is C=C(C)[C@H]1CC[C@@](C)(O)[C@@H]1/C=C/C(C)=C/[C@H]1C[C@@]23[C@H](OCCC[C@@H]2/C(=C(/C)C=O)CC[C@]3(C)O)O1. The molecule has 2 aliphatic carbocycles. The first kappa shape index (κ1) is 26.5. The van der Waals surface area contributed by atoms with Gasteiger partial charge in [-0.15, -0.1) is 0 Å². The lowest BCUT2D eigenvalue weighted by atomic mass is 9.53. The van der Waals surface area contributed by atoms with Crippen LogP contribution >= 0.6 is 0 Å². The molecule has 2 aliphatic heterocycles. The van der Waals surface area contributed by atoms with Crippen LogP contribution in [0.1, 0.15) is 79.6 Å². The summed E-state index contributed by atoms with van der Waals surface area (Å²) in [5.41, 5.74) is 1.90. The van der Waals surface area contributed by atoms with Crippen molar-refractivity contribution in [3.63, 3.8) is 0 Å². The second-order valence-corrected chi connectivity index (χ2v) is 12.1. The maximum atomic E-state index is 11.7. The minimum Gasteiger partial charge on any atom is -0.390 e. The maximum Gasteiger partial charge on any atom is 0.167 e. The van der Waals surface area contributed by atoms with Crippen molar-refractivity contribution in [3.05, 3.63) is 47.1 Å². The van der Waals surface area contributed by atoms with Crippen molar-refractivity contribution < 1.29 is 24.5 Å². The molecular weight excluding hydrogens is 440 g/mol. The molecule has 0 bridgehead atoms. The summed E-state index contributed by atoms with van der Waals surface area (Å²) in [5, 5.41) is 22.6. The zero-order valence-electron chi connectivity index (χ0n) is 22.2. The van der Waals surface area contributed by atoms with E-state index in [4.69, 9.17) is 9.47 Å². The molecule has 194 valence electrons. The Hall–Kier alpha value is -1.53. The molecule has 4 fully saturated rings. The molecule has 5 nitrogen and oxygen atoms in total. The van der Waals surface area contributed by atoms with Gasteiger partial charge in [0.15, 0.2) is 6.29 Å². The third kappa shape index (κ3) is 4.66. The Morgan fingerprint density at radius 1 is 1.14 bits per heavy atom. The summed E-state index contributed by atoms with van der Waals surface area (Å²) in [6.45, 7) is 14.6. The molecule has 4 aliphatic rings. The molecule has 2 saturated heterocycles. The lowest BCUT2D eigenvalue weighted by Gasteiger charge is -2.53. The summed E-state index contributed by atoms with van der Waals surface area (Å²) in [5.74, 6) is 0.409. The van der Waals surface area contributed by atoms with Crippen LogP contribution in [0.25, 0.3) is 0 Å². The molecule has 2 heterocycles. The molecule has 0 aromatic carbocycles. The predicted octanol–water partition coefficient (Wildman–Crippen LogP) is 5.43. The van der Waals surface area contributed by atoms with Crippen LogP contribution in [0.5, 0.6) is 0 Å². The van der Waals surface area contributed by atoms with Gasteiger partial charge in [0.2, 0.25) is 0 Å². The molecule has 0 aromatic rings. The number of allylic oxidation sites excluding steroid dienone is 5. The highest BCUT2D eigenvalue weighted by molar-refractivity contribution is 5.74. The Labute approximate surface area is 211 Å². The van der Waals surface area contributed by atoms with Crippen molar-refractivity contribution in [3.8, 4) is 0 Å². The van der Waals surface area contributed by atoms with Crippen LogP contribution in [-0.2, 0) is 14.3 Å². The minimum atomic E-state index is -0.942. The van der Waals surface area contributed by atoms with Crippen LogP contribution in [-0.4, -0.2) is 46.7 Å². The van der Waals surface area contributed by atoms with Crippen LogP contribution < -0.4 is 0 Å². The second-order valence-electron chi connectivity index (χ2n) is 12.1. The van der Waals surface area contributed by atoms with Gasteiger partial charge in [-0.3, -0.25) is 4.79 Å². The fourth-order valence-electron chi connectivity index (χ4n) is 7.48. The van der Waals surface area contributed by atoms with Gasteiger partial charge in [-0.2, -0.15) is 0 Å². The number of carbonyl (C=O) groups is 1. The van der Waals surface area contributed by atoms with Gasteiger partial charge in [-0.1, -0.05) is 41.5 Å². The number of carbonyl (C=O) groups excluding carboxylic acids is 1. The molecular formula is C30H44O5. The summed E-state index contributed by atoms with van der Waals surface area (Å²) >= 11 is 0. The monoisotopic (exact) mass is 484 g/mol. The van der Waals surface area contributed by atoms with Crippen molar-refractivity contribution in [2.75, 3.05) is 6.61 Å². The van der Waals surface area contributed by atoms with Crippen molar-refractivity contribution in [1.82, 2.24) is 0 Å². The van der Waals surface area contributed by atoms with Crippen LogP contribution in [0.3, 0.4) is 0 Å². The highest BCUT2D eigenvalue weighted by Gasteiger charge is 2.65. The fraction of sp³-hybridized carbons (Fsp3) is 0.700. The molecule has 5 heteroatoms.